The van der Waals surface area contributed by atoms with Gasteiger partial charge in [0.15, 0.2) is 0 Å². The molecule has 0 saturated carbocycles. The first-order valence-electron chi connectivity index (χ1n) is 5.54. The third kappa shape index (κ3) is 2.25. The molecule has 0 radical (unpaired) electrons. The molecule has 80 valence electrons. The van der Waals surface area contributed by atoms with E-state index >= 15 is 0 Å². The van der Waals surface area contributed by atoms with Crippen LogP contribution in [-0.2, 0) is 6.42 Å². The van der Waals surface area contributed by atoms with Crippen LogP contribution in [0.2, 0.25) is 0 Å². The average molecular weight is 219 g/mol. The monoisotopic (exact) mass is 219 g/mol. The Labute approximate surface area is 95.7 Å². The van der Waals surface area contributed by atoms with Crippen LogP contribution in [-0.4, -0.2) is 6.04 Å². The number of nitrogens with two attached hydrogens (primary N) is 1. The molecule has 1 aromatic heterocycles. The molecule has 2 rings (SSSR count). The van der Waals surface area contributed by atoms with Crippen molar-refractivity contribution in [2.75, 3.05) is 0 Å². The third-order valence-corrected chi connectivity index (χ3v) is 4.13. The van der Waals surface area contributed by atoms with E-state index < -0.39 is 0 Å². The minimum absolute atomic E-state index is 0.214. The van der Waals surface area contributed by atoms with Crippen molar-refractivity contribution < 1.29 is 0 Å². The van der Waals surface area contributed by atoms with Gasteiger partial charge in [-0.25, -0.2) is 0 Å². The van der Waals surface area contributed by atoms with Crippen molar-refractivity contribution in [2.24, 2.45) is 5.73 Å². The second-order valence-corrected chi connectivity index (χ2v) is 5.09. The molecular weight excluding hydrogens is 202 g/mol. The van der Waals surface area contributed by atoms with E-state index in [1.54, 1.807) is 4.88 Å². The first kappa shape index (κ1) is 10.7. The molecule has 2 atom stereocenters. The highest BCUT2D eigenvalue weighted by Crippen LogP contribution is 2.36. The molecule has 0 aliphatic heterocycles. The maximum absolute atomic E-state index is 6.21. The Kier molecular flexibility index (Phi) is 3.45. The summed E-state index contributed by atoms with van der Waals surface area (Å²) < 4.78 is 0. The number of hydrogen-bond donors (Lipinski definition) is 1. The van der Waals surface area contributed by atoms with Crippen LogP contribution in [0, 0.1) is 11.8 Å². The van der Waals surface area contributed by atoms with Crippen LogP contribution in [0.5, 0.6) is 0 Å². The SMILES string of the molecule is CC#CCC(N)C1CCCc2sccc21. The minimum Gasteiger partial charge on any atom is -0.326 e. The summed E-state index contributed by atoms with van der Waals surface area (Å²) in [5.41, 5.74) is 7.71. The molecule has 15 heavy (non-hydrogen) atoms. The summed E-state index contributed by atoms with van der Waals surface area (Å²) in [5.74, 6) is 6.57. The van der Waals surface area contributed by atoms with Gasteiger partial charge in [-0.3, -0.25) is 0 Å². The van der Waals surface area contributed by atoms with E-state index in [1.807, 2.05) is 18.3 Å². The van der Waals surface area contributed by atoms with E-state index in [-0.39, 0.29) is 6.04 Å². The normalized spacial score (nSPS) is 21.3. The van der Waals surface area contributed by atoms with Crippen molar-refractivity contribution >= 4 is 11.3 Å². The van der Waals surface area contributed by atoms with Crippen LogP contribution in [0.4, 0.5) is 0 Å². The molecule has 0 fully saturated rings. The van der Waals surface area contributed by atoms with E-state index in [9.17, 15) is 0 Å². The van der Waals surface area contributed by atoms with Crippen LogP contribution in [0.1, 0.15) is 42.5 Å². The fourth-order valence-electron chi connectivity index (χ4n) is 2.33. The second kappa shape index (κ2) is 4.83. The molecule has 0 bridgehead atoms. The number of thiophene rings is 1. The van der Waals surface area contributed by atoms with E-state index in [0.717, 1.165) is 6.42 Å². The van der Waals surface area contributed by atoms with Gasteiger partial charge in [-0.1, -0.05) is 0 Å². The summed E-state index contributed by atoms with van der Waals surface area (Å²) in [6.07, 6.45) is 4.59. The van der Waals surface area contributed by atoms with Gasteiger partial charge in [0.25, 0.3) is 0 Å². The van der Waals surface area contributed by atoms with Crippen LogP contribution in [0.15, 0.2) is 11.4 Å². The van der Waals surface area contributed by atoms with Gasteiger partial charge in [0, 0.05) is 23.3 Å². The highest BCUT2D eigenvalue weighted by atomic mass is 32.1. The predicted molar refractivity (Wildman–Crippen MR) is 66.0 cm³/mol. The topological polar surface area (TPSA) is 26.0 Å². The van der Waals surface area contributed by atoms with Crippen molar-refractivity contribution in [3.8, 4) is 11.8 Å². The molecule has 1 nitrogen and oxygen atoms in total. The third-order valence-electron chi connectivity index (χ3n) is 3.13. The molecule has 2 unspecified atom stereocenters. The molecule has 0 spiro atoms. The molecule has 2 N–H and O–H groups in total. The van der Waals surface area contributed by atoms with Gasteiger partial charge >= 0.3 is 0 Å². The van der Waals surface area contributed by atoms with Gasteiger partial charge in [0.1, 0.15) is 0 Å². The fraction of sp³-hybridized carbons (Fsp3) is 0.538. The Morgan fingerprint density at radius 3 is 3.33 bits per heavy atom. The first-order chi connectivity index (χ1) is 7.33. The zero-order valence-electron chi connectivity index (χ0n) is 9.12. The Hall–Kier alpha value is -0.780. The van der Waals surface area contributed by atoms with Gasteiger partial charge < -0.3 is 5.73 Å². The van der Waals surface area contributed by atoms with Crippen LogP contribution < -0.4 is 5.73 Å². The lowest BCUT2D eigenvalue weighted by Gasteiger charge is -2.27. The lowest BCUT2D eigenvalue weighted by molar-refractivity contribution is 0.472. The molecule has 1 aliphatic rings. The van der Waals surface area contributed by atoms with Crippen molar-refractivity contribution in [3.05, 3.63) is 21.9 Å². The summed E-state index contributed by atoms with van der Waals surface area (Å²) in [6.45, 7) is 1.88. The standard InChI is InChI=1S/C13H17NS/c1-2-3-6-12(14)10-5-4-7-13-11(10)8-9-15-13/h8-10,12H,4-7,14H2,1H3. The number of aryl methyl sites for hydroxylation is 1. The maximum Gasteiger partial charge on any atom is 0.0247 e. The van der Waals surface area contributed by atoms with Crippen molar-refractivity contribution in [1.82, 2.24) is 0 Å². The van der Waals surface area contributed by atoms with Crippen molar-refractivity contribution in [2.45, 2.75) is 44.6 Å². The van der Waals surface area contributed by atoms with Crippen LogP contribution in [0.3, 0.4) is 0 Å². The molecule has 0 saturated heterocycles. The molecular formula is C13H17NS. The number of rotatable bonds is 2. The lowest BCUT2D eigenvalue weighted by atomic mass is 9.82. The smallest absolute Gasteiger partial charge is 0.0247 e. The van der Waals surface area contributed by atoms with Gasteiger partial charge in [-0.15, -0.1) is 23.2 Å². The fourth-order valence-corrected chi connectivity index (χ4v) is 3.33. The van der Waals surface area contributed by atoms with Gasteiger partial charge in [0.05, 0.1) is 0 Å². The van der Waals surface area contributed by atoms with E-state index in [4.69, 9.17) is 5.73 Å². The summed E-state index contributed by atoms with van der Waals surface area (Å²) in [5, 5.41) is 2.20. The highest BCUT2D eigenvalue weighted by Gasteiger charge is 2.25. The van der Waals surface area contributed by atoms with E-state index in [1.165, 1.54) is 24.8 Å². The molecule has 1 aromatic rings. The molecule has 1 heterocycles. The first-order valence-corrected chi connectivity index (χ1v) is 6.42. The van der Waals surface area contributed by atoms with Crippen LogP contribution >= 0.6 is 11.3 Å². The second-order valence-electron chi connectivity index (χ2n) is 4.09. The Bertz CT molecular complexity index is 383. The maximum atomic E-state index is 6.21. The van der Waals surface area contributed by atoms with Crippen molar-refractivity contribution in [3.63, 3.8) is 0 Å². The minimum atomic E-state index is 0.214. The van der Waals surface area contributed by atoms with E-state index in [0.29, 0.717) is 5.92 Å². The van der Waals surface area contributed by atoms with Gasteiger partial charge in [0.2, 0.25) is 0 Å². The summed E-state index contributed by atoms with van der Waals surface area (Å²) in [7, 11) is 0. The quantitative estimate of drug-likeness (QED) is 0.760. The van der Waals surface area contributed by atoms with Crippen LogP contribution in [0.25, 0.3) is 0 Å². The largest absolute Gasteiger partial charge is 0.326 e. The molecule has 1 aliphatic carbocycles. The lowest BCUT2D eigenvalue weighted by Crippen LogP contribution is -2.29. The predicted octanol–water partition coefficient (Wildman–Crippen LogP) is 2.91. The number of hydrogen-bond acceptors (Lipinski definition) is 2. The Morgan fingerprint density at radius 2 is 2.53 bits per heavy atom. The average Bonchev–Trinajstić information content (AvgIpc) is 2.73. The Morgan fingerprint density at radius 1 is 1.67 bits per heavy atom. The summed E-state index contributed by atoms with van der Waals surface area (Å²) in [4.78, 5) is 1.55. The van der Waals surface area contributed by atoms with Gasteiger partial charge in [-0.2, -0.15) is 0 Å². The summed E-state index contributed by atoms with van der Waals surface area (Å²) in [6, 6.07) is 2.47. The molecule has 2 heteroatoms. The molecule has 0 aromatic carbocycles. The van der Waals surface area contributed by atoms with E-state index in [2.05, 4.69) is 23.3 Å². The van der Waals surface area contributed by atoms with Gasteiger partial charge in [-0.05, 0) is 43.2 Å². The van der Waals surface area contributed by atoms with Crippen molar-refractivity contribution in [1.29, 1.82) is 0 Å². The Balaban J connectivity index is 2.13. The summed E-state index contributed by atoms with van der Waals surface area (Å²) >= 11 is 1.88. The number of fused-ring (bicyclic) bond motifs is 1. The zero-order valence-corrected chi connectivity index (χ0v) is 9.94. The molecule has 0 amide bonds. The highest BCUT2D eigenvalue weighted by molar-refractivity contribution is 7.10. The zero-order chi connectivity index (χ0) is 10.7.